The van der Waals surface area contributed by atoms with Crippen molar-refractivity contribution >= 4 is 5.69 Å². The molecule has 0 fully saturated rings. The molecular formula is C15H17NO. The second-order valence-corrected chi connectivity index (χ2v) is 3.97. The maximum atomic E-state index is 5.08. The number of nitrogens with one attached hydrogen (secondary N) is 1. The minimum absolute atomic E-state index is 0.666. The molecule has 0 spiro atoms. The molecule has 0 aliphatic heterocycles. The van der Waals surface area contributed by atoms with Gasteiger partial charge in [-0.3, -0.25) is 0 Å². The molecule has 0 heterocycles. The topological polar surface area (TPSA) is 21.3 Å². The molecule has 2 heteroatoms. The highest BCUT2D eigenvalue weighted by atomic mass is 16.5. The first-order chi connectivity index (χ1) is 8.38. The predicted octanol–water partition coefficient (Wildman–Crippen LogP) is 3.45. The van der Waals surface area contributed by atoms with E-state index in [-0.39, 0.29) is 0 Å². The third-order valence-corrected chi connectivity index (χ3v) is 2.60. The lowest BCUT2D eigenvalue weighted by molar-refractivity contribution is 0.185. The highest BCUT2D eigenvalue weighted by Gasteiger charge is 1.94. The number of methoxy groups -OCH3 is 1. The Hall–Kier alpha value is -1.80. The molecule has 1 N–H and O–H groups in total. The molecule has 0 aliphatic rings. The number of hydrogen-bond acceptors (Lipinski definition) is 2. The van der Waals surface area contributed by atoms with Gasteiger partial charge in [0.1, 0.15) is 0 Å². The fourth-order valence-corrected chi connectivity index (χ4v) is 1.69. The van der Waals surface area contributed by atoms with Crippen LogP contribution in [0.1, 0.15) is 11.1 Å². The minimum Gasteiger partial charge on any atom is -0.381 e. The molecule has 0 amide bonds. The third kappa shape index (κ3) is 3.61. The molecule has 0 bridgehead atoms. The second-order valence-electron chi connectivity index (χ2n) is 3.97. The lowest BCUT2D eigenvalue weighted by Gasteiger charge is -2.07. The summed E-state index contributed by atoms with van der Waals surface area (Å²) in [6.45, 7) is 1.52. The number of anilines is 1. The number of ether oxygens (including phenoxy) is 1. The summed E-state index contributed by atoms with van der Waals surface area (Å²) in [4.78, 5) is 0. The van der Waals surface area contributed by atoms with E-state index in [9.17, 15) is 0 Å². The van der Waals surface area contributed by atoms with E-state index in [4.69, 9.17) is 4.74 Å². The molecular weight excluding hydrogens is 210 g/mol. The van der Waals surface area contributed by atoms with Gasteiger partial charge in [0.05, 0.1) is 6.61 Å². The van der Waals surface area contributed by atoms with Crippen molar-refractivity contribution in [3.8, 4) is 0 Å². The van der Waals surface area contributed by atoms with Crippen molar-refractivity contribution in [1.29, 1.82) is 0 Å². The number of hydrogen-bond donors (Lipinski definition) is 1. The first-order valence-electron chi connectivity index (χ1n) is 5.74. The molecule has 17 heavy (non-hydrogen) atoms. The summed E-state index contributed by atoms with van der Waals surface area (Å²) in [6.07, 6.45) is 0. The van der Waals surface area contributed by atoms with Gasteiger partial charge in [-0.15, -0.1) is 0 Å². The van der Waals surface area contributed by atoms with Crippen LogP contribution in [0.4, 0.5) is 5.69 Å². The van der Waals surface area contributed by atoms with Gasteiger partial charge in [-0.25, -0.2) is 0 Å². The van der Waals surface area contributed by atoms with Gasteiger partial charge in [-0.2, -0.15) is 0 Å². The van der Waals surface area contributed by atoms with Crippen LogP contribution in [-0.4, -0.2) is 7.11 Å². The standard InChI is InChI=1S/C15H17NO/c1-17-12-14-7-9-15(10-8-14)16-11-13-5-3-2-4-6-13/h2-10,16H,11-12H2,1H3. The van der Waals surface area contributed by atoms with Gasteiger partial charge in [-0.1, -0.05) is 42.5 Å². The Bertz CT molecular complexity index is 436. The second kappa shape index (κ2) is 6.06. The van der Waals surface area contributed by atoms with E-state index in [2.05, 4.69) is 53.8 Å². The van der Waals surface area contributed by atoms with Crippen molar-refractivity contribution in [1.82, 2.24) is 0 Å². The molecule has 0 radical (unpaired) electrons. The molecule has 2 aromatic rings. The molecule has 0 unspecified atom stereocenters. The molecule has 0 saturated heterocycles. The zero-order valence-electron chi connectivity index (χ0n) is 10.0. The van der Waals surface area contributed by atoms with Gasteiger partial charge in [-0.05, 0) is 23.3 Å². The smallest absolute Gasteiger partial charge is 0.0713 e. The predicted molar refractivity (Wildman–Crippen MR) is 70.9 cm³/mol. The Labute approximate surface area is 102 Å². The van der Waals surface area contributed by atoms with E-state index in [1.807, 2.05) is 6.07 Å². The van der Waals surface area contributed by atoms with Crippen LogP contribution in [0.5, 0.6) is 0 Å². The van der Waals surface area contributed by atoms with E-state index in [1.165, 1.54) is 11.1 Å². The summed E-state index contributed by atoms with van der Waals surface area (Å²) in [7, 11) is 1.71. The molecule has 0 aromatic heterocycles. The van der Waals surface area contributed by atoms with Gasteiger partial charge >= 0.3 is 0 Å². The zero-order valence-corrected chi connectivity index (χ0v) is 10.0. The van der Waals surface area contributed by atoms with Crippen LogP contribution in [0, 0.1) is 0 Å². The Balaban J connectivity index is 1.91. The van der Waals surface area contributed by atoms with Crippen molar-refractivity contribution in [2.45, 2.75) is 13.2 Å². The molecule has 2 aromatic carbocycles. The Morgan fingerprint density at radius 3 is 2.24 bits per heavy atom. The van der Waals surface area contributed by atoms with Crippen LogP contribution in [0.15, 0.2) is 54.6 Å². The molecule has 2 nitrogen and oxygen atoms in total. The lowest BCUT2D eigenvalue weighted by Crippen LogP contribution is -1.99. The lowest BCUT2D eigenvalue weighted by atomic mass is 10.2. The summed E-state index contributed by atoms with van der Waals surface area (Å²) >= 11 is 0. The number of benzene rings is 2. The largest absolute Gasteiger partial charge is 0.381 e. The average Bonchev–Trinajstić information content (AvgIpc) is 2.40. The van der Waals surface area contributed by atoms with E-state index in [1.54, 1.807) is 7.11 Å². The van der Waals surface area contributed by atoms with Gasteiger partial charge in [0.2, 0.25) is 0 Å². The highest BCUT2D eigenvalue weighted by Crippen LogP contribution is 2.11. The van der Waals surface area contributed by atoms with Crippen molar-refractivity contribution < 1.29 is 4.74 Å². The number of rotatable bonds is 5. The first kappa shape index (κ1) is 11.7. The van der Waals surface area contributed by atoms with Gasteiger partial charge < -0.3 is 10.1 Å². The van der Waals surface area contributed by atoms with Crippen LogP contribution < -0.4 is 5.32 Å². The van der Waals surface area contributed by atoms with E-state index in [0.29, 0.717) is 6.61 Å². The zero-order chi connectivity index (χ0) is 11.9. The SMILES string of the molecule is COCc1ccc(NCc2ccccc2)cc1. The summed E-state index contributed by atoms with van der Waals surface area (Å²) in [5, 5.41) is 3.39. The fourth-order valence-electron chi connectivity index (χ4n) is 1.69. The molecule has 0 aliphatic carbocycles. The highest BCUT2D eigenvalue weighted by molar-refractivity contribution is 5.45. The van der Waals surface area contributed by atoms with Crippen molar-refractivity contribution in [2.24, 2.45) is 0 Å². The average molecular weight is 227 g/mol. The Morgan fingerprint density at radius 2 is 1.59 bits per heavy atom. The third-order valence-electron chi connectivity index (χ3n) is 2.60. The summed E-state index contributed by atoms with van der Waals surface area (Å²) in [5.74, 6) is 0. The van der Waals surface area contributed by atoms with Crippen LogP contribution in [-0.2, 0) is 17.9 Å². The van der Waals surface area contributed by atoms with Crippen molar-refractivity contribution in [2.75, 3.05) is 12.4 Å². The quantitative estimate of drug-likeness (QED) is 0.844. The monoisotopic (exact) mass is 227 g/mol. The summed E-state index contributed by atoms with van der Waals surface area (Å²) in [5.41, 5.74) is 3.61. The van der Waals surface area contributed by atoms with E-state index < -0.39 is 0 Å². The van der Waals surface area contributed by atoms with Crippen LogP contribution in [0.3, 0.4) is 0 Å². The molecule has 88 valence electrons. The van der Waals surface area contributed by atoms with Crippen LogP contribution in [0.2, 0.25) is 0 Å². The van der Waals surface area contributed by atoms with E-state index >= 15 is 0 Å². The molecule has 2 rings (SSSR count). The maximum Gasteiger partial charge on any atom is 0.0713 e. The molecule has 0 atom stereocenters. The van der Waals surface area contributed by atoms with Gasteiger partial charge in [0.15, 0.2) is 0 Å². The van der Waals surface area contributed by atoms with Gasteiger partial charge in [0.25, 0.3) is 0 Å². The maximum absolute atomic E-state index is 5.08. The van der Waals surface area contributed by atoms with Crippen molar-refractivity contribution in [3.63, 3.8) is 0 Å². The Morgan fingerprint density at radius 1 is 0.882 bits per heavy atom. The van der Waals surface area contributed by atoms with Crippen LogP contribution >= 0.6 is 0 Å². The Kier molecular flexibility index (Phi) is 4.17. The van der Waals surface area contributed by atoms with Crippen LogP contribution in [0.25, 0.3) is 0 Å². The first-order valence-corrected chi connectivity index (χ1v) is 5.74. The summed E-state index contributed by atoms with van der Waals surface area (Å²) in [6, 6.07) is 18.7. The van der Waals surface area contributed by atoms with E-state index in [0.717, 1.165) is 12.2 Å². The minimum atomic E-state index is 0.666. The summed E-state index contributed by atoms with van der Waals surface area (Å²) < 4.78 is 5.08. The normalized spacial score (nSPS) is 10.2. The fraction of sp³-hybridized carbons (Fsp3) is 0.200. The molecule has 0 saturated carbocycles. The van der Waals surface area contributed by atoms with Crippen molar-refractivity contribution in [3.05, 3.63) is 65.7 Å². The van der Waals surface area contributed by atoms with Gasteiger partial charge in [0, 0.05) is 19.3 Å².